The zero-order valence-corrected chi connectivity index (χ0v) is 9.80. The standard InChI is InChI=1S/C14H13NO3/c16-7-3-4-10-8-12-11-5-1-2-6-13(11)15(17)9-14(12)18-10/h1-2,5-6,8-9,16H,3-4,7H2. The van der Waals surface area contributed by atoms with Crippen LogP contribution in [0, 0.1) is 5.21 Å². The largest absolute Gasteiger partial charge is 0.618 e. The number of aliphatic hydroxyl groups excluding tert-OH is 1. The summed E-state index contributed by atoms with van der Waals surface area (Å²) in [5.41, 5.74) is 1.23. The van der Waals surface area contributed by atoms with Gasteiger partial charge < -0.3 is 14.7 Å². The van der Waals surface area contributed by atoms with E-state index >= 15 is 0 Å². The molecule has 0 saturated heterocycles. The third-order valence-corrected chi connectivity index (χ3v) is 3.06. The minimum absolute atomic E-state index is 0.138. The molecule has 3 rings (SSSR count). The van der Waals surface area contributed by atoms with Crippen molar-refractivity contribution < 1.29 is 14.3 Å². The highest BCUT2D eigenvalue weighted by Gasteiger charge is 2.13. The monoisotopic (exact) mass is 243 g/mol. The third kappa shape index (κ3) is 1.71. The van der Waals surface area contributed by atoms with Gasteiger partial charge in [-0.2, -0.15) is 4.73 Å². The number of hydrogen-bond acceptors (Lipinski definition) is 3. The SMILES string of the molecule is [O-][n+]1cc2oc(CCCO)cc2c2ccccc21. The normalized spacial score (nSPS) is 11.4. The van der Waals surface area contributed by atoms with E-state index in [-0.39, 0.29) is 6.61 Å². The molecule has 3 aromatic rings. The number of rotatable bonds is 3. The molecule has 92 valence electrons. The summed E-state index contributed by atoms with van der Waals surface area (Å²) in [6, 6.07) is 9.41. The minimum Gasteiger partial charge on any atom is -0.618 e. The van der Waals surface area contributed by atoms with Crippen LogP contribution in [-0.4, -0.2) is 11.7 Å². The van der Waals surface area contributed by atoms with Crippen LogP contribution in [0.1, 0.15) is 12.2 Å². The molecule has 1 N–H and O–H groups in total. The van der Waals surface area contributed by atoms with E-state index in [9.17, 15) is 5.21 Å². The van der Waals surface area contributed by atoms with Crippen LogP contribution in [0.2, 0.25) is 0 Å². The lowest BCUT2D eigenvalue weighted by Crippen LogP contribution is -2.25. The van der Waals surface area contributed by atoms with Gasteiger partial charge >= 0.3 is 0 Å². The Bertz CT molecular complexity index is 703. The number of para-hydroxylation sites is 1. The highest BCUT2D eigenvalue weighted by molar-refractivity contribution is 6.02. The summed E-state index contributed by atoms with van der Waals surface area (Å²) >= 11 is 0. The van der Waals surface area contributed by atoms with Gasteiger partial charge in [-0.3, -0.25) is 0 Å². The van der Waals surface area contributed by atoms with Crippen LogP contribution in [0.3, 0.4) is 0 Å². The van der Waals surface area contributed by atoms with Crippen LogP contribution in [-0.2, 0) is 6.42 Å². The van der Waals surface area contributed by atoms with E-state index in [1.807, 2.05) is 24.3 Å². The number of hydrogen-bond donors (Lipinski definition) is 1. The number of pyridine rings is 1. The highest BCUT2D eigenvalue weighted by Crippen LogP contribution is 2.26. The van der Waals surface area contributed by atoms with E-state index in [4.69, 9.17) is 9.52 Å². The molecular weight excluding hydrogens is 230 g/mol. The Hall–Kier alpha value is -2.07. The number of fused-ring (bicyclic) bond motifs is 3. The van der Waals surface area contributed by atoms with E-state index in [0.717, 1.165) is 21.3 Å². The van der Waals surface area contributed by atoms with Crippen molar-refractivity contribution in [2.45, 2.75) is 12.8 Å². The molecule has 18 heavy (non-hydrogen) atoms. The van der Waals surface area contributed by atoms with Gasteiger partial charge in [0, 0.05) is 24.5 Å². The van der Waals surface area contributed by atoms with Gasteiger partial charge in [-0.15, -0.1) is 0 Å². The first-order chi connectivity index (χ1) is 8.79. The molecular formula is C14H13NO3. The van der Waals surface area contributed by atoms with Crippen molar-refractivity contribution in [3.63, 3.8) is 0 Å². The second kappa shape index (κ2) is 4.31. The first kappa shape index (κ1) is 11.0. The Kier molecular flexibility index (Phi) is 2.64. The Morgan fingerprint density at radius 2 is 2.06 bits per heavy atom. The fourth-order valence-corrected chi connectivity index (χ4v) is 2.21. The summed E-state index contributed by atoms with van der Waals surface area (Å²) in [6.45, 7) is 0.138. The van der Waals surface area contributed by atoms with Gasteiger partial charge in [0.05, 0.1) is 5.39 Å². The van der Waals surface area contributed by atoms with E-state index in [1.165, 1.54) is 6.20 Å². The molecule has 2 heterocycles. The number of furan rings is 1. The van der Waals surface area contributed by atoms with Crippen LogP contribution in [0.5, 0.6) is 0 Å². The molecule has 4 nitrogen and oxygen atoms in total. The van der Waals surface area contributed by atoms with Crippen molar-refractivity contribution in [3.05, 3.63) is 47.5 Å². The maximum absolute atomic E-state index is 11.8. The van der Waals surface area contributed by atoms with Crippen LogP contribution < -0.4 is 4.73 Å². The Morgan fingerprint density at radius 1 is 1.22 bits per heavy atom. The molecule has 2 aromatic heterocycles. The van der Waals surface area contributed by atoms with Gasteiger partial charge in [0.1, 0.15) is 5.76 Å². The molecule has 0 atom stereocenters. The quantitative estimate of drug-likeness (QED) is 0.566. The Balaban J connectivity index is 2.23. The summed E-state index contributed by atoms with van der Waals surface area (Å²) in [6.07, 6.45) is 2.80. The van der Waals surface area contributed by atoms with Crippen molar-refractivity contribution in [2.75, 3.05) is 6.61 Å². The number of aromatic nitrogens is 1. The maximum atomic E-state index is 11.8. The predicted octanol–water partition coefficient (Wildman–Crippen LogP) is 2.14. The fourth-order valence-electron chi connectivity index (χ4n) is 2.21. The highest BCUT2D eigenvalue weighted by atomic mass is 16.5. The van der Waals surface area contributed by atoms with Crippen molar-refractivity contribution in [1.29, 1.82) is 0 Å². The number of benzene rings is 1. The van der Waals surface area contributed by atoms with Crippen molar-refractivity contribution in [3.8, 4) is 0 Å². The molecule has 0 radical (unpaired) electrons. The van der Waals surface area contributed by atoms with E-state index in [1.54, 1.807) is 6.07 Å². The van der Waals surface area contributed by atoms with E-state index < -0.39 is 0 Å². The average Bonchev–Trinajstić information content (AvgIpc) is 2.80. The minimum atomic E-state index is 0.138. The molecule has 0 aliphatic heterocycles. The lowest BCUT2D eigenvalue weighted by Gasteiger charge is -2.00. The summed E-state index contributed by atoms with van der Waals surface area (Å²) < 4.78 is 6.46. The third-order valence-electron chi connectivity index (χ3n) is 3.06. The van der Waals surface area contributed by atoms with E-state index in [0.29, 0.717) is 23.9 Å². The first-order valence-corrected chi connectivity index (χ1v) is 5.94. The first-order valence-electron chi connectivity index (χ1n) is 5.94. The second-order valence-electron chi connectivity index (χ2n) is 4.29. The molecule has 0 aliphatic carbocycles. The fraction of sp³-hybridized carbons (Fsp3) is 0.214. The molecule has 1 aromatic carbocycles. The topological polar surface area (TPSA) is 60.3 Å². The maximum Gasteiger partial charge on any atom is 0.224 e. The van der Waals surface area contributed by atoms with Crippen LogP contribution in [0.15, 0.2) is 40.9 Å². The number of nitrogens with zero attached hydrogens (tertiary/aromatic N) is 1. The summed E-state index contributed by atoms with van der Waals surface area (Å²) in [5.74, 6) is 0.801. The Morgan fingerprint density at radius 3 is 2.89 bits per heavy atom. The smallest absolute Gasteiger partial charge is 0.224 e. The lowest BCUT2D eigenvalue weighted by atomic mass is 10.1. The van der Waals surface area contributed by atoms with Gasteiger partial charge in [-0.25, -0.2) is 0 Å². The van der Waals surface area contributed by atoms with Gasteiger partial charge in [0.2, 0.25) is 11.7 Å². The number of aryl methyl sites for hydroxylation is 1. The lowest BCUT2D eigenvalue weighted by molar-refractivity contribution is -0.575. The van der Waals surface area contributed by atoms with Gasteiger partial charge in [-0.05, 0) is 18.6 Å². The average molecular weight is 243 g/mol. The molecule has 0 saturated carbocycles. The van der Waals surface area contributed by atoms with Crippen molar-refractivity contribution >= 4 is 21.9 Å². The molecule has 0 spiro atoms. The second-order valence-corrected chi connectivity index (χ2v) is 4.29. The number of aliphatic hydroxyl groups is 1. The van der Waals surface area contributed by atoms with Crippen molar-refractivity contribution in [2.24, 2.45) is 0 Å². The summed E-state index contributed by atoms with van der Waals surface area (Å²) in [4.78, 5) is 0. The van der Waals surface area contributed by atoms with Crippen LogP contribution in [0.4, 0.5) is 0 Å². The molecule has 0 fully saturated rings. The molecule has 0 amide bonds. The molecule has 0 aliphatic rings. The zero-order valence-electron chi connectivity index (χ0n) is 9.80. The van der Waals surface area contributed by atoms with Gasteiger partial charge in [-0.1, -0.05) is 12.1 Å². The molecule has 0 bridgehead atoms. The Labute approximate surface area is 104 Å². The van der Waals surface area contributed by atoms with Gasteiger partial charge in [0.15, 0.2) is 5.58 Å². The molecule has 0 unspecified atom stereocenters. The van der Waals surface area contributed by atoms with Crippen LogP contribution in [0.25, 0.3) is 21.9 Å². The van der Waals surface area contributed by atoms with Gasteiger partial charge in [0.25, 0.3) is 0 Å². The van der Waals surface area contributed by atoms with Crippen LogP contribution >= 0.6 is 0 Å². The summed E-state index contributed by atoms with van der Waals surface area (Å²) in [5, 5.41) is 22.5. The van der Waals surface area contributed by atoms with Crippen molar-refractivity contribution in [1.82, 2.24) is 0 Å². The zero-order chi connectivity index (χ0) is 12.5. The predicted molar refractivity (Wildman–Crippen MR) is 68.1 cm³/mol. The molecule has 4 heteroatoms. The van der Waals surface area contributed by atoms with E-state index in [2.05, 4.69) is 0 Å². The summed E-state index contributed by atoms with van der Waals surface area (Å²) in [7, 11) is 0.